The number of hydrogen-bond donors (Lipinski definition) is 1. The van der Waals surface area contributed by atoms with Crippen LogP contribution >= 0.6 is 11.3 Å². The molecule has 1 amide bonds. The number of rotatable bonds is 7. The van der Waals surface area contributed by atoms with Crippen molar-refractivity contribution < 1.29 is 4.79 Å². The second-order valence-electron chi connectivity index (χ2n) is 7.40. The van der Waals surface area contributed by atoms with Crippen molar-refractivity contribution in [2.75, 3.05) is 13.1 Å². The molecule has 2 aromatic heterocycles. The van der Waals surface area contributed by atoms with Crippen molar-refractivity contribution in [2.45, 2.75) is 51.7 Å². The first kappa shape index (κ1) is 16.8. The number of carbonyl (C=O) groups excluding carboxylic acids is 1. The van der Waals surface area contributed by atoms with E-state index in [2.05, 4.69) is 44.4 Å². The highest BCUT2D eigenvalue weighted by atomic mass is 32.1. The maximum atomic E-state index is 11.9. The van der Waals surface area contributed by atoms with Crippen molar-refractivity contribution in [3.8, 4) is 0 Å². The quantitative estimate of drug-likeness (QED) is 0.827. The number of nitrogens with zero attached hydrogens (tertiary/aromatic N) is 3. The van der Waals surface area contributed by atoms with Gasteiger partial charge in [-0.3, -0.25) is 14.4 Å². The molecule has 5 nitrogen and oxygen atoms in total. The highest BCUT2D eigenvalue weighted by molar-refractivity contribution is 7.10. The molecule has 1 saturated carbocycles. The molecule has 0 spiro atoms. The molecule has 0 unspecified atom stereocenters. The molecule has 1 N–H and O–H groups in total. The average Bonchev–Trinajstić information content (AvgIpc) is 3.11. The fraction of sp³-hybridized carbons (Fsp3) is 0.579. The molecule has 2 aromatic rings. The normalized spacial score (nSPS) is 20.4. The third-order valence-corrected chi connectivity index (χ3v) is 6.27. The molecule has 134 valence electrons. The lowest BCUT2D eigenvalue weighted by molar-refractivity contribution is -0.121. The SMILES string of the molecule is Cc1ccsc1CN1Cc2ccnn2[C@@H](CCNC(=O)CC2CC2)C1. The van der Waals surface area contributed by atoms with Crippen LogP contribution in [0.4, 0.5) is 0 Å². The van der Waals surface area contributed by atoms with E-state index in [1.54, 1.807) is 0 Å². The van der Waals surface area contributed by atoms with Gasteiger partial charge in [-0.1, -0.05) is 0 Å². The van der Waals surface area contributed by atoms with Crippen molar-refractivity contribution >= 4 is 17.2 Å². The number of aromatic nitrogens is 2. The smallest absolute Gasteiger partial charge is 0.220 e. The molecular weight excluding hydrogens is 332 g/mol. The first-order chi connectivity index (χ1) is 12.2. The Morgan fingerprint density at radius 1 is 1.40 bits per heavy atom. The van der Waals surface area contributed by atoms with Gasteiger partial charge in [0, 0.05) is 43.7 Å². The number of aryl methyl sites for hydroxylation is 1. The van der Waals surface area contributed by atoms with Gasteiger partial charge >= 0.3 is 0 Å². The molecule has 25 heavy (non-hydrogen) atoms. The largest absolute Gasteiger partial charge is 0.356 e. The fourth-order valence-corrected chi connectivity index (χ4v) is 4.55. The molecular formula is C19H26N4OS. The number of nitrogens with one attached hydrogen (secondary N) is 1. The van der Waals surface area contributed by atoms with E-state index in [-0.39, 0.29) is 5.91 Å². The zero-order valence-electron chi connectivity index (χ0n) is 14.8. The summed E-state index contributed by atoms with van der Waals surface area (Å²) >= 11 is 1.84. The molecule has 4 rings (SSSR count). The molecule has 1 aliphatic carbocycles. The Labute approximate surface area is 153 Å². The molecule has 0 bridgehead atoms. The van der Waals surface area contributed by atoms with Crippen LogP contribution in [0.5, 0.6) is 0 Å². The summed E-state index contributed by atoms with van der Waals surface area (Å²) in [4.78, 5) is 15.9. The second kappa shape index (κ2) is 7.30. The minimum Gasteiger partial charge on any atom is -0.356 e. The first-order valence-corrected chi connectivity index (χ1v) is 10.1. The van der Waals surface area contributed by atoms with Crippen LogP contribution in [-0.4, -0.2) is 33.7 Å². The van der Waals surface area contributed by atoms with Crippen LogP contribution in [0.2, 0.25) is 0 Å². The van der Waals surface area contributed by atoms with E-state index < -0.39 is 0 Å². The van der Waals surface area contributed by atoms with E-state index in [9.17, 15) is 4.79 Å². The van der Waals surface area contributed by atoms with Crippen LogP contribution in [0.15, 0.2) is 23.7 Å². The van der Waals surface area contributed by atoms with Crippen LogP contribution in [-0.2, 0) is 17.9 Å². The van der Waals surface area contributed by atoms with E-state index in [0.717, 1.165) is 32.6 Å². The third kappa shape index (κ3) is 4.12. The highest BCUT2D eigenvalue weighted by Crippen LogP contribution is 2.32. The fourth-order valence-electron chi connectivity index (χ4n) is 3.60. The van der Waals surface area contributed by atoms with Crippen LogP contribution in [0.3, 0.4) is 0 Å². The maximum absolute atomic E-state index is 11.9. The second-order valence-corrected chi connectivity index (χ2v) is 8.40. The summed E-state index contributed by atoms with van der Waals surface area (Å²) in [5, 5.41) is 9.79. The van der Waals surface area contributed by atoms with Gasteiger partial charge in [0.15, 0.2) is 0 Å². The molecule has 1 atom stereocenters. The van der Waals surface area contributed by atoms with Gasteiger partial charge in [0.05, 0.1) is 11.7 Å². The monoisotopic (exact) mass is 358 g/mol. The van der Waals surface area contributed by atoms with Gasteiger partial charge in [-0.05, 0) is 55.2 Å². The summed E-state index contributed by atoms with van der Waals surface area (Å²) in [5.74, 6) is 0.863. The molecule has 0 aromatic carbocycles. The Kier molecular flexibility index (Phi) is 4.90. The minimum atomic E-state index is 0.213. The van der Waals surface area contributed by atoms with Gasteiger partial charge in [-0.15, -0.1) is 11.3 Å². The van der Waals surface area contributed by atoms with Crippen molar-refractivity contribution in [1.82, 2.24) is 20.0 Å². The highest BCUT2D eigenvalue weighted by Gasteiger charge is 2.27. The third-order valence-electron chi connectivity index (χ3n) is 5.26. The standard InChI is InChI=1S/C19H26N4OS/c1-14-6-9-25-18(14)13-22-11-16(23-17(12-22)5-8-21-23)4-7-20-19(24)10-15-2-3-15/h5-6,8-9,15-16H,2-4,7,10-13H2,1H3,(H,20,24)/t16-/m0/s1. The van der Waals surface area contributed by atoms with Gasteiger partial charge in [0.1, 0.15) is 0 Å². The Balaban J connectivity index is 1.35. The number of carbonyl (C=O) groups is 1. The minimum absolute atomic E-state index is 0.213. The topological polar surface area (TPSA) is 50.2 Å². The van der Waals surface area contributed by atoms with E-state index in [0.29, 0.717) is 18.4 Å². The lowest BCUT2D eigenvalue weighted by Gasteiger charge is -2.34. The lowest BCUT2D eigenvalue weighted by atomic mass is 10.1. The summed E-state index contributed by atoms with van der Waals surface area (Å²) in [6, 6.07) is 4.65. The van der Waals surface area contributed by atoms with Crippen molar-refractivity contribution in [2.24, 2.45) is 5.92 Å². The number of thiophene rings is 1. The zero-order valence-corrected chi connectivity index (χ0v) is 15.6. The Morgan fingerprint density at radius 3 is 3.04 bits per heavy atom. The van der Waals surface area contributed by atoms with E-state index >= 15 is 0 Å². The first-order valence-electron chi connectivity index (χ1n) is 9.23. The molecule has 0 radical (unpaired) electrons. The summed E-state index contributed by atoms with van der Waals surface area (Å²) in [6.45, 7) is 5.86. The molecule has 1 aliphatic heterocycles. The van der Waals surface area contributed by atoms with Crippen molar-refractivity contribution in [3.63, 3.8) is 0 Å². The Bertz CT molecular complexity index is 733. The van der Waals surface area contributed by atoms with Crippen molar-refractivity contribution in [3.05, 3.63) is 39.8 Å². The van der Waals surface area contributed by atoms with E-state index in [1.807, 2.05) is 17.5 Å². The Hall–Kier alpha value is -1.66. The molecule has 0 saturated heterocycles. The number of fused-ring (bicyclic) bond motifs is 1. The average molecular weight is 359 g/mol. The predicted octanol–water partition coefficient (Wildman–Crippen LogP) is 3.12. The maximum Gasteiger partial charge on any atom is 0.220 e. The summed E-state index contributed by atoms with van der Waals surface area (Å²) < 4.78 is 2.16. The zero-order chi connectivity index (χ0) is 17.2. The van der Waals surface area contributed by atoms with Crippen LogP contribution < -0.4 is 5.32 Å². The summed E-state index contributed by atoms with van der Waals surface area (Å²) in [5.41, 5.74) is 2.66. The predicted molar refractivity (Wildman–Crippen MR) is 99.4 cm³/mol. The molecule has 3 heterocycles. The van der Waals surface area contributed by atoms with Gasteiger partial charge in [-0.25, -0.2) is 0 Å². The van der Waals surface area contributed by atoms with Gasteiger partial charge in [0.25, 0.3) is 0 Å². The number of hydrogen-bond acceptors (Lipinski definition) is 4. The summed E-state index contributed by atoms with van der Waals surface area (Å²) in [7, 11) is 0. The van der Waals surface area contributed by atoms with Gasteiger partial charge in [0.2, 0.25) is 5.91 Å². The van der Waals surface area contributed by atoms with E-state index in [1.165, 1.54) is 29.0 Å². The summed E-state index contributed by atoms with van der Waals surface area (Å²) in [6.07, 6.45) is 5.99. The number of amides is 1. The molecule has 1 fully saturated rings. The van der Waals surface area contributed by atoms with Crippen molar-refractivity contribution in [1.29, 1.82) is 0 Å². The van der Waals surface area contributed by atoms with Gasteiger partial charge in [-0.2, -0.15) is 5.10 Å². The van der Waals surface area contributed by atoms with Gasteiger partial charge < -0.3 is 5.32 Å². The molecule has 2 aliphatic rings. The Morgan fingerprint density at radius 2 is 2.28 bits per heavy atom. The van der Waals surface area contributed by atoms with Crippen LogP contribution in [0.25, 0.3) is 0 Å². The molecule has 6 heteroatoms. The van der Waals surface area contributed by atoms with E-state index in [4.69, 9.17) is 0 Å². The van der Waals surface area contributed by atoms with Crippen LogP contribution in [0, 0.1) is 12.8 Å². The van der Waals surface area contributed by atoms with Crippen LogP contribution in [0.1, 0.15) is 47.9 Å². The lowest BCUT2D eigenvalue weighted by Crippen LogP contribution is -2.38.